The maximum atomic E-state index is 11.5. The van der Waals surface area contributed by atoms with Crippen LogP contribution in [0.2, 0.25) is 22.2 Å². The zero-order valence-corrected chi connectivity index (χ0v) is 21.3. The van der Waals surface area contributed by atoms with Crippen molar-refractivity contribution in [2.45, 2.75) is 108 Å². The minimum atomic E-state index is -2.75. The van der Waals surface area contributed by atoms with Gasteiger partial charge in [0.1, 0.15) is 25.7 Å². The van der Waals surface area contributed by atoms with Crippen LogP contribution in [0.15, 0.2) is 12.7 Å². The van der Waals surface area contributed by atoms with Crippen LogP contribution in [0.25, 0.3) is 0 Å². The Labute approximate surface area is 175 Å². The van der Waals surface area contributed by atoms with Crippen LogP contribution >= 0.6 is 0 Å². The average molecular weight is 429 g/mol. The van der Waals surface area contributed by atoms with Gasteiger partial charge in [-0.1, -0.05) is 61.5 Å². The fraction of sp³-hybridized carbons (Fsp3) is 0.900. The Morgan fingerprint density at radius 3 is 1.96 bits per heavy atom. The summed E-state index contributed by atoms with van der Waals surface area (Å²) in [5.74, 6) is 0. The molecule has 2 aliphatic rings. The molecule has 1 N–H and O–H groups in total. The van der Waals surface area contributed by atoms with Gasteiger partial charge in [0, 0.05) is 0 Å². The number of ether oxygens (including phenoxy) is 1. The van der Waals surface area contributed by atoms with Crippen molar-refractivity contribution >= 4 is 25.0 Å². The highest BCUT2D eigenvalue weighted by molar-refractivity contribution is 6.84. The highest BCUT2D eigenvalue weighted by Crippen LogP contribution is 2.49. The van der Waals surface area contributed by atoms with Gasteiger partial charge in [-0.2, -0.15) is 0 Å². The van der Waals surface area contributed by atoms with Gasteiger partial charge in [0.05, 0.1) is 12.6 Å². The molecule has 0 aromatic rings. The molecular formula is C20H41BO5Si2. The third-order valence-electron chi connectivity index (χ3n) is 6.71. The molecule has 0 saturated carbocycles. The summed E-state index contributed by atoms with van der Waals surface area (Å²) in [6.07, 6.45) is 1.41. The molecule has 2 unspecified atom stereocenters. The summed E-state index contributed by atoms with van der Waals surface area (Å²) in [5, 5.41) is 11.5. The Balaban J connectivity index is 2.61. The lowest BCUT2D eigenvalue weighted by Crippen LogP contribution is -2.67. The maximum Gasteiger partial charge on any atom is 0.335 e. The normalized spacial score (nSPS) is 35.2. The molecule has 0 aromatic heterocycles. The van der Waals surface area contributed by atoms with Gasteiger partial charge in [-0.05, 0) is 28.6 Å². The second-order valence-corrected chi connectivity index (χ2v) is 18.7. The van der Waals surface area contributed by atoms with E-state index in [0.717, 1.165) is 0 Å². The van der Waals surface area contributed by atoms with Crippen LogP contribution in [0.3, 0.4) is 0 Å². The molecule has 0 amide bonds. The molecule has 0 spiro atoms. The summed E-state index contributed by atoms with van der Waals surface area (Å²) in [6, 6.07) is -0.345. The monoisotopic (exact) mass is 428 g/mol. The first-order chi connectivity index (χ1) is 12.9. The first kappa shape index (κ1) is 24.3. The van der Waals surface area contributed by atoms with E-state index < -0.39 is 28.8 Å². The van der Waals surface area contributed by atoms with E-state index in [1.165, 1.54) is 0 Å². The van der Waals surface area contributed by atoms with E-state index in [1.54, 1.807) is 6.08 Å². The lowest BCUT2D eigenvalue weighted by atomic mass is 9.78. The van der Waals surface area contributed by atoms with Crippen LogP contribution in [0.5, 0.6) is 0 Å². The summed E-state index contributed by atoms with van der Waals surface area (Å²) in [7, 11) is -3.41. The second-order valence-electron chi connectivity index (χ2n) is 9.81. The first-order valence-corrected chi connectivity index (χ1v) is 14.8. The summed E-state index contributed by atoms with van der Waals surface area (Å²) < 4.78 is 27.0. The highest BCUT2D eigenvalue weighted by Gasteiger charge is 2.64. The molecule has 162 valence electrons. The van der Waals surface area contributed by atoms with Crippen molar-refractivity contribution in [2.75, 3.05) is 6.61 Å². The van der Waals surface area contributed by atoms with E-state index in [1.807, 2.05) is 7.85 Å². The lowest BCUT2D eigenvalue weighted by molar-refractivity contribution is -0.0673. The number of aliphatic hydroxyl groups is 1. The predicted octanol–water partition coefficient (Wildman–Crippen LogP) is 3.61. The third kappa shape index (κ3) is 3.86. The van der Waals surface area contributed by atoms with Crippen LogP contribution in [-0.2, 0) is 17.7 Å². The molecule has 0 bridgehead atoms. The molecular weight excluding hydrogens is 387 g/mol. The molecule has 5 nitrogen and oxygen atoms in total. The largest absolute Gasteiger partial charge is 0.414 e. The summed E-state index contributed by atoms with van der Waals surface area (Å²) in [6.45, 7) is 21.8. The smallest absolute Gasteiger partial charge is 0.335 e. The van der Waals surface area contributed by atoms with Gasteiger partial charge >= 0.3 is 17.1 Å². The van der Waals surface area contributed by atoms with Crippen molar-refractivity contribution in [3.05, 3.63) is 12.7 Å². The van der Waals surface area contributed by atoms with E-state index in [2.05, 4.69) is 62.0 Å². The Bertz CT molecular complexity index is 541. The number of hydrogen-bond acceptors (Lipinski definition) is 5. The van der Waals surface area contributed by atoms with E-state index in [-0.39, 0.29) is 23.2 Å². The van der Waals surface area contributed by atoms with E-state index >= 15 is 0 Å². The fourth-order valence-corrected chi connectivity index (χ4v) is 16.2. The van der Waals surface area contributed by atoms with Crippen molar-refractivity contribution in [1.82, 2.24) is 0 Å². The molecule has 28 heavy (non-hydrogen) atoms. The minimum absolute atomic E-state index is 0.225. The van der Waals surface area contributed by atoms with E-state index in [4.69, 9.17) is 17.7 Å². The molecule has 0 aliphatic carbocycles. The number of rotatable bonds is 6. The quantitative estimate of drug-likeness (QED) is 0.517. The van der Waals surface area contributed by atoms with Crippen molar-refractivity contribution in [1.29, 1.82) is 0 Å². The minimum Gasteiger partial charge on any atom is -0.414 e. The van der Waals surface area contributed by atoms with Gasteiger partial charge in [0.15, 0.2) is 0 Å². The topological polar surface area (TPSA) is 57.2 Å². The summed E-state index contributed by atoms with van der Waals surface area (Å²) in [5.41, 5.74) is -0.0738. The van der Waals surface area contributed by atoms with Crippen LogP contribution in [0, 0.1) is 0 Å². The molecule has 0 radical (unpaired) electrons. The SMILES string of the molecule is BC1OC2CO[Si](C(C)C)(C(C)C)O[Si](C(C)C)(C(C)C)O[C@H]2[C@@]1(O)CC=C. The molecule has 2 rings (SSSR count). The summed E-state index contributed by atoms with van der Waals surface area (Å²) >= 11 is 0. The zero-order valence-electron chi connectivity index (χ0n) is 19.3. The highest BCUT2D eigenvalue weighted by atomic mass is 28.5. The van der Waals surface area contributed by atoms with Gasteiger partial charge in [-0.15, -0.1) is 6.58 Å². The van der Waals surface area contributed by atoms with Gasteiger partial charge in [-0.25, -0.2) is 0 Å². The van der Waals surface area contributed by atoms with Crippen molar-refractivity contribution in [3.63, 3.8) is 0 Å². The van der Waals surface area contributed by atoms with Crippen molar-refractivity contribution in [3.8, 4) is 0 Å². The Kier molecular flexibility index (Phi) is 7.51. The molecule has 0 aromatic carbocycles. The van der Waals surface area contributed by atoms with Crippen LogP contribution < -0.4 is 0 Å². The predicted molar refractivity (Wildman–Crippen MR) is 121 cm³/mol. The van der Waals surface area contributed by atoms with Crippen LogP contribution in [-0.4, -0.2) is 60.5 Å². The van der Waals surface area contributed by atoms with E-state index in [0.29, 0.717) is 24.1 Å². The summed E-state index contributed by atoms with van der Waals surface area (Å²) in [4.78, 5) is 0. The second kappa shape index (κ2) is 8.65. The molecule has 2 saturated heterocycles. The van der Waals surface area contributed by atoms with Crippen LogP contribution in [0.4, 0.5) is 0 Å². The standard InChI is InChI=1S/C20H41BO5Si2/c1-10-11-20(22)18-17(24-19(20)21)12-23-27(13(2)3,14(4)5)26-28(25-18,15(6)7)16(8)9/h10,13-19,22H,1,11-12,21H2,2-9H3/t17?,18-,19?,20+/m1/s1. The van der Waals surface area contributed by atoms with Crippen molar-refractivity contribution < 1.29 is 22.8 Å². The van der Waals surface area contributed by atoms with Gasteiger partial charge < -0.3 is 22.8 Å². The zero-order chi connectivity index (χ0) is 21.5. The van der Waals surface area contributed by atoms with E-state index in [9.17, 15) is 5.11 Å². The van der Waals surface area contributed by atoms with Crippen molar-refractivity contribution in [2.24, 2.45) is 0 Å². The molecule has 2 aliphatic heterocycles. The fourth-order valence-electron chi connectivity index (χ4n) is 4.95. The molecule has 2 fully saturated rings. The number of hydrogen-bond donors (Lipinski definition) is 1. The van der Waals surface area contributed by atoms with Crippen LogP contribution in [0.1, 0.15) is 61.8 Å². The Morgan fingerprint density at radius 1 is 1.04 bits per heavy atom. The lowest BCUT2D eigenvalue weighted by Gasteiger charge is -2.52. The number of fused-ring (bicyclic) bond motifs is 1. The average Bonchev–Trinajstić information content (AvgIpc) is 2.78. The first-order valence-electron chi connectivity index (χ1n) is 10.9. The molecule has 8 heteroatoms. The Hall–Kier alpha value is 0.0387. The van der Waals surface area contributed by atoms with Gasteiger partial charge in [0.2, 0.25) is 0 Å². The molecule has 4 atom stereocenters. The molecule has 2 heterocycles. The maximum absolute atomic E-state index is 11.5. The van der Waals surface area contributed by atoms with Gasteiger partial charge in [-0.3, -0.25) is 0 Å². The van der Waals surface area contributed by atoms with Gasteiger partial charge in [0.25, 0.3) is 0 Å². The third-order valence-corrected chi connectivity index (χ3v) is 16.9. The Morgan fingerprint density at radius 2 is 1.54 bits per heavy atom.